The topological polar surface area (TPSA) is 555 Å². The molecule has 0 saturated carbocycles. The van der Waals surface area contributed by atoms with Gasteiger partial charge in [0.2, 0.25) is 0 Å². The number of fused-ring (bicyclic) bond motifs is 2. The zero-order valence-electron chi connectivity index (χ0n) is 40.4. The Morgan fingerprint density at radius 3 is 1.77 bits per heavy atom. The van der Waals surface area contributed by atoms with Crippen molar-refractivity contribution in [3.8, 4) is 17.2 Å². The fourth-order valence-corrected chi connectivity index (χ4v) is 11.2. The molecule has 7 aromatic carbocycles. The van der Waals surface area contributed by atoms with E-state index in [1.807, 2.05) is 0 Å². The highest BCUT2D eigenvalue weighted by Crippen LogP contribution is 2.48. The number of nitrogen functional groups attached to an aromatic ring is 1. The predicted molar refractivity (Wildman–Crippen MR) is 284 cm³/mol. The maximum atomic E-state index is 13.4. The average Bonchev–Trinajstić information content (AvgIpc) is 2.10. The molecule has 11 N–H and O–H groups in total. The van der Waals surface area contributed by atoms with Gasteiger partial charge in [-0.3, -0.25) is 42.8 Å². The lowest BCUT2D eigenvalue weighted by Gasteiger charge is -2.13. The van der Waals surface area contributed by atoms with Gasteiger partial charge in [-0.25, -0.2) is 9.48 Å². The number of aromatic nitrogens is 2. The number of carbonyl (C=O) groups is 1. The van der Waals surface area contributed by atoms with Gasteiger partial charge in [0.1, 0.15) is 53.7 Å². The summed E-state index contributed by atoms with van der Waals surface area (Å²) in [5, 5.41) is 72.8. The summed E-state index contributed by atoms with van der Waals surface area (Å²) in [6.07, 6.45) is 0. The number of nitrogens with one attached hydrogen (secondary N) is 1. The first-order valence-corrected chi connectivity index (χ1v) is 29.3. The van der Waals surface area contributed by atoms with Crippen molar-refractivity contribution in [2.75, 3.05) is 5.73 Å². The number of aromatic carboxylic acids is 1. The summed E-state index contributed by atoms with van der Waals surface area (Å²) in [5.74, 6) is -3.95. The normalized spacial score (nSPS) is 13.0. The molecule has 83 heavy (non-hydrogen) atoms. The molecule has 40 heteroatoms. The van der Waals surface area contributed by atoms with Gasteiger partial charge in [-0.1, -0.05) is 17.7 Å². The maximum absolute atomic E-state index is 13.4. The first-order valence-electron chi connectivity index (χ1n) is 21.7. The van der Waals surface area contributed by atoms with Crippen molar-refractivity contribution in [2.45, 2.75) is 31.4 Å². The number of aromatic hydroxyl groups is 2. The Kier molecular flexibility index (Phi) is 15.4. The van der Waals surface area contributed by atoms with Crippen molar-refractivity contribution in [1.29, 1.82) is 0 Å². The Balaban J connectivity index is 1.19. The van der Waals surface area contributed by atoms with Crippen LogP contribution in [0.2, 0.25) is 5.02 Å². The van der Waals surface area contributed by atoms with E-state index in [4.69, 9.17) is 17.3 Å². The van der Waals surface area contributed by atoms with E-state index < -0.39 is 187 Å². The zero-order valence-corrected chi connectivity index (χ0v) is 45.3. The number of phenols is 2. The van der Waals surface area contributed by atoms with Gasteiger partial charge in [0.25, 0.3) is 61.8 Å². The molecule has 0 unspecified atom stereocenters. The number of hydrogen-bond donors (Lipinski definition) is 10. The van der Waals surface area contributed by atoms with E-state index in [2.05, 4.69) is 46.0 Å². The number of benzene rings is 7. The van der Waals surface area contributed by atoms with E-state index in [0.29, 0.717) is 24.3 Å². The number of aromatic amines is 1. The minimum Gasteiger partial charge on any atom is -0.505 e. The van der Waals surface area contributed by atoms with Crippen molar-refractivity contribution in [3.63, 3.8) is 0 Å². The molecule has 0 fully saturated rings. The van der Waals surface area contributed by atoms with Gasteiger partial charge in [0, 0.05) is 28.3 Å². The third-order valence-corrected chi connectivity index (χ3v) is 16.2. The third kappa shape index (κ3) is 12.0. The van der Waals surface area contributed by atoms with E-state index in [9.17, 15) is 99.9 Å². The number of carboxylic acids is 1. The highest BCUT2D eigenvalue weighted by Gasteiger charge is 2.30. The van der Waals surface area contributed by atoms with Crippen molar-refractivity contribution in [2.24, 2.45) is 40.9 Å². The number of non-ortho nitro benzene ring substituents is 1. The molecule has 8 aromatic rings. The highest BCUT2D eigenvalue weighted by molar-refractivity contribution is 7.87. The fourth-order valence-electron chi connectivity index (χ4n) is 7.69. The van der Waals surface area contributed by atoms with Crippen LogP contribution >= 0.6 is 11.6 Å². The second-order valence-electron chi connectivity index (χ2n) is 16.7. The Hall–Kier alpha value is -9.42. The van der Waals surface area contributed by atoms with Crippen molar-refractivity contribution < 1.29 is 89.9 Å². The summed E-state index contributed by atoms with van der Waals surface area (Å²) in [4.78, 5) is 30.0. The van der Waals surface area contributed by atoms with Gasteiger partial charge in [-0.2, -0.15) is 47.2 Å². The van der Waals surface area contributed by atoms with Gasteiger partial charge < -0.3 is 21.1 Å². The molecule has 0 radical (unpaired) electrons. The van der Waals surface area contributed by atoms with Gasteiger partial charge in [-0.15, -0.1) is 35.8 Å². The molecule has 34 nitrogen and oxygen atoms in total. The Morgan fingerprint density at radius 1 is 0.590 bits per heavy atom. The van der Waals surface area contributed by atoms with Crippen LogP contribution in [0, 0.1) is 17.0 Å². The fraction of sp³-hybridized carbons (Fsp3) is 0.0233. The summed E-state index contributed by atoms with van der Waals surface area (Å²) >= 11 is 6.16. The van der Waals surface area contributed by atoms with E-state index >= 15 is 0 Å². The molecule has 0 amide bonds. The molecule has 1 heterocycles. The first kappa shape index (κ1) is 59.7. The molecular weight excluding hydrogens is 1230 g/mol. The Morgan fingerprint density at radius 2 is 1.16 bits per heavy atom. The number of nitrogens with two attached hydrogens (primary N) is 1. The lowest BCUT2D eigenvalue weighted by Crippen LogP contribution is -2.15. The number of H-pyrrole nitrogens is 1. The van der Waals surface area contributed by atoms with Crippen LogP contribution in [0.15, 0.2) is 161 Å². The van der Waals surface area contributed by atoms with Gasteiger partial charge >= 0.3 is 5.97 Å². The first-order chi connectivity index (χ1) is 38.5. The van der Waals surface area contributed by atoms with Crippen molar-refractivity contribution >= 4 is 147 Å². The van der Waals surface area contributed by atoms with E-state index in [1.54, 1.807) is 0 Å². The minimum absolute atomic E-state index is 0.0466. The number of anilines is 1. The van der Waals surface area contributed by atoms with Gasteiger partial charge in [-0.05, 0) is 79.7 Å². The number of phenolic OH excluding ortho intramolecular Hbond substituents is 2. The molecule has 0 saturated heterocycles. The van der Waals surface area contributed by atoms with Gasteiger partial charge in [0.15, 0.2) is 17.2 Å². The average molecular weight is 1260 g/mol. The molecule has 0 aliphatic heterocycles. The van der Waals surface area contributed by atoms with E-state index in [-0.39, 0.29) is 16.4 Å². The van der Waals surface area contributed by atoms with Crippen LogP contribution in [-0.2, 0) is 50.6 Å². The molecule has 0 aliphatic rings. The number of nitrogens with zero attached hydrogens (tertiary/aromatic N) is 10. The number of hydrogen-bond acceptors (Lipinski definition) is 25. The number of carboxylic acid groups (broad SMARTS) is 1. The summed E-state index contributed by atoms with van der Waals surface area (Å²) in [6, 6.07) is 12.1. The molecule has 8 rings (SSSR count). The van der Waals surface area contributed by atoms with Crippen LogP contribution in [0.25, 0.3) is 27.2 Å². The molecule has 1 aromatic heterocycles. The van der Waals surface area contributed by atoms with Crippen LogP contribution in [-0.4, -0.2) is 101 Å². The molecule has 0 bridgehead atoms. The standard InChI is InChI=1S/C43H29ClN12O22S5/c1-17-37(42(59)55(54-17)31-14-20(79(64,65)66)4-7-25(31)44)52-48-27-8-2-18(12-33(27)81(70,71)72)46-53-38-34(82(73,74)75)15-23-21(39(38)57)5-11-29(41(23)83(76,77)78)50-51-30-16-32(80(67,68)69)22-6-10-28(40(58)35(22)36(30)45)49-47-26-9-3-19(56(62)63)13-24(26)43(60)61/h2-16,54,57-58H,45H2,1H3,(H,60,61)(H,64,65,66)(H,67,68,69)(H,70,71,72)(H,73,74,75)(H,76,77,78). The van der Waals surface area contributed by atoms with Crippen molar-refractivity contribution in [3.05, 3.63) is 128 Å². The van der Waals surface area contributed by atoms with Crippen LogP contribution in [0.3, 0.4) is 0 Å². The summed E-state index contributed by atoms with van der Waals surface area (Å²) in [5.41, 5.74) is -2.69. The van der Waals surface area contributed by atoms with Crippen LogP contribution in [0.5, 0.6) is 11.5 Å². The SMILES string of the molecule is Cc1[nH]n(-c2cc(S(=O)(=O)O)ccc2Cl)c(=O)c1N=Nc1ccc(N=Nc2c(S(=O)(=O)O)cc3c(S(=O)(=O)O)c(N=Nc4cc(S(=O)(=O)O)c5ccc(N=Nc6ccc([N+](=O)[O-])cc6C(=O)O)c(O)c5c4N)ccc3c2O)cc1S(=O)(=O)O. The maximum Gasteiger partial charge on any atom is 0.338 e. The number of nitro groups is 1. The molecular formula is C43H29ClN12O22S5. The van der Waals surface area contributed by atoms with Crippen LogP contribution < -0.4 is 11.3 Å². The lowest BCUT2D eigenvalue weighted by molar-refractivity contribution is -0.384. The number of nitro benzene ring substituents is 1. The summed E-state index contributed by atoms with van der Waals surface area (Å²) in [6.45, 7) is 1.30. The second-order valence-corrected chi connectivity index (χ2v) is 24.0. The van der Waals surface area contributed by atoms with E-state index in [1.165, 1.54) is 6.92 Å². The van der Waals surface area contributed by atoms with Crippen LogP contribution in [0.4, 0.5) is 56.9 Å². The van der Waals surface area contributed by atoms with Crippen LogP contribution in [0.1, 0.15) is 16.1 Å². The molecule has 0 aliphatic carbocycles. The molecule has 430 valence electrons. The Labute approximate surface area is 466 Å². The number of rotatable bonds is 16. The molecule has 0 atom stereocenters. The number of aryl methyl sites for hydroxylation is 1. The molecule has 0 spiro atoms. The highest BCUT2D eigenvalue weighted by atomic mass is 35.5. The second kappa shape index (κ2) is 21.5. The van der Waals surface area contributed by atoms with E-state index in [0.717, 1.165) is 71.4 Å². The van der Waals surface area contributed by atoms with Gasteiger partial charge in [0.05, 0.1) is 48.5 Å². The number of azo groups is 4. The monoisotopic (exact) mass is 1260 g/mol. The smallest absolute Gasteiger partial charge is 0.338 e. The summed E-state index contributed by atoms with van der Waals surface area (Å²) in [7, 11) is -26.7. The minimum atomic E-state index is -5.66. The largest absolute Gasteiger partial charge is 0.505 e. The summed E-state index contributed by atoms with van der Waals surface area (Å²) < 4.78 is 177. The Bertz CT molecular complexity index is 4990. The lowest BCUT2D eigenvalue weighted by atomic mass is 10.1. The number of halogens is 1. The van der Waals surface area contributed by atoms with Crippen molar-refractivity contribution in [1.82, 2.24) is 9.78 Å². The third-order valence-electron chi connectivity index (χ3n) is 11.4. The predicted octanol–water partition coefficient (Wildman–Crippen LogP) is 8.93. The zero-order chi connectivity index (χ0) is 61.2. The quantitative estimate of drug-likeness (QED) is 0.0142.